The van der Waals surface area contributed by atoms with Crippen molar-refractivity contribution in [3.63, 3.8) is 0 Å². The fraction of sp³-hybridized carbons (Fsp3) is 0.259. The number of halogens is 1. The van der Waals surface area contributed by atoms with Crippen LogP contribution in [0.3, 0.4) is 0 Å². The third-order valence-corrected chi connectivity index (χ3v) is 7.37. The average Bonchev–Trinajstić information content (AvgIpc) is 3.51. The molecule has 0 unspecified atom stereocenters. The number of carbonyl (C=O) groups excluding carboxylic acids is 2. The number of carbonyl (C=O) groups is 2. The molecule has 1 atom stereocenters. The normalized spacial score (nSPS) is 17.9. The highest BCUT2D eigenvalue weighted by molar-refractivity contribution is 6.00. The van der Waals surface area contributed by atoms with Crippen LogP contribution in [0.15, 0.2) is 41.5 Å². The Morgan fingerprint density at radius 1 is 1.24 bits per heavy atom. The van der Waals surface area contributed by atoms with Gasteiger partial charge in [-0.2, -0.15) is 0 Å². The number of aromatic nitrogens is 3. The molecule has 0 saturated carbocycles. The van der Waals surface area contributed by atoms with Gasteiger partial charge in [-0.15, -0.1) is 0 Å². The Morgan fingerprint density at radius 2 is 2.03 bits per heavy atom. The van der Waals surface area contributed by atoms with Crippen LogP contribution >= 0.6 is 0 Å². The van der Waals surface area contributed by atoms with Gasteiger partial charge in [0.15, 0.2) is 5.60 Å². The van der Waals surface area contributed by atoms with Crippen molar-refractivity contribution in [2.75, 3.05) is 6.61 Å². The predicted molar refractivity (Wildman–Crippen MR) is 130 cm³/mol. The average molecular weight is 503 g/mol. The van der Waals surface area contributed by atoms with Gasteiger partial charge in [0.2, 0.25) is 0 Å². The fourth-order valence-corrected chi connectivity index (χ4v) is 5.32. The summed E-state index contributed by atoms with van der Waals surface area (Å²) in [5, 5.41) is 21.0. The molecule has 0 amide bonds. The molecule has 0 saturated heterocycles. The fourth-order valence-electron chi connectivity index (χ4n) is 5.32. The van der Waals surface area contributed by atoms with E-state index < -0.39 is 35.5 Å². The molecule has 2 aliphatic heterocycles. The van der Waals surface area contributed by atoms with Gasteiger partial charge in [-0.05, 0) is 42.7 Å². The van der Waals surface area contributed by atoms with Gasteiger partial charge in [0, 0.05) is 40.5 Å². The molecule has 188 valence electrons. The molecule has 4 aromatic rings. The summed E-state index contributed by atoms with van der Waals surface area (Å²) in [6.45, 7) is 2.50. The van der Waals surface area contributed by atoms with Gasteiger partial charge in [-0.1, -0.05) is 6.92 Å². The number of benzene rings is 1. The van der Waals surface area contributed by atoms with E-state index in [0.717, 1.165) is 0 Å². The maximum atomic E-state index is 14.6. The first-order valence-corrected chi connectivity index (χ1v) is 11.8. The topological polar surface area (TPSA) is 124 Å². The van der Waals surface area contributed by atoms with Crippen LogP contribution in [-0.4, -0.2) is 42.8 Å². The zero-order valence-corrected chi connectivity index (χ0v) is 20.0. The molecule has 2 aliphatic rings. The minimum atomic E-state index is -1.96. The van der Waals surface area contributed by atoms with Gasteiger partial charge in [-0.3, -0.25) is 14.2 Å². The second-order valence-electron chi connectivity index (χ2n) is 9.39. The van der Waals surface area contributed by atoms with Crippen molar-refractivity contribution >= 4 is 22.8 Å². The van der Waals surface area contributed by atoms with Crippen LogP contribution in [-0.2, 0) is 28.3 Å². The van der Waals surface area contributed by atoms with Crippen molar-refractivity contribution in [3.05, 3.63) is 75.1 Å². The first kappa shape index (κ1) is 23.3. The van der Waals surface area contributed by atoms with Crippen molar-refractivity contribution in [2.45, 2.75) is 39.0 Å². The summed E-state index contributed by atoms with van der Waals surface area (Å²) in [6.07, 6.45) is 3.12. The standard InChI is InChI=1S/C27H22FN3O6/c1-3-27(36)18-7-21-24-16(10-31(21)25(34)17(18)12-37-26(27)35)23(14-4-5-30(9-14)22(33)11-32)15-6-13(2)19(28)8-20(15)29-24/h4-9,32,36H,3,10-12H2,1-2H3/t27-/m0/s1. The van der Waals surface area contributed by atoms with Gasteiger partial charge in [0.25, 0.3) is 11.5 Å². The number of hydrogen-bond donors (Lipinski definition) is 2. The molecule has 37 heavy (non-hydrogen) atoms. The lowest BCUT2D eigenvalue weighted by molar-refractivity contribution is -0.172. The van der Waals surface area contributed by atoms with E-state index in [1.165, 1.54) is 21.4 Å². The van der Waals surface area contributed by atoms with E-state index >= 15 is 0 Å². The minimum Gasteiger partial charge on any atom is -0.458 e. The van der Waals surface area contributed by atoms with Gasteiger partial charge in [0.1, 0.15) is 19.0 Å². The second-order valence-corrected chi connectivity index (χ2v) is 9.39. The second kappa shape index (κ2) is 7.92. The van der Waals surface area contributed by atoms with Gasteiger partial charge in [-0.25, -0.2) is 14.2 Å². The van der Waals surface area contributed by atoms with Crippen molar-refractivity contribution < 1.29 is 28.9 Å². The minimum absolute atomic E-state index is 0.0157. The lowest BCUT2D eigenvalue weighted by atomic mass is 9.86. The largest absolute Gasteiger partial charge is 0.458 e. The SMILES string of the molecule is CC[C@@]1(O)C(=O)OCc2c1cc1n(c2=O)Cc2c-1nc1cc(F)c(C)cc1c2-c1ccn(C(=O)CO)c1. The van der Waals surface area contributed by atoms with E-state index in [4.69, 9.17) is 9.72 Å². The molecule has 2 N–H and O–H groups in total. The maximum Gasteiger partial charge on any atom is 0.343 e. The zero-order chi connectivity index (χ0) is 26.2. The van der Waals surface area contributed by atoms with Gasteiger partial charge in [0.05, 0.1) is 29.0 Å². The van der Waals surface area contributed by atoms with Crippen LogP contribution in [0.4, 0.5) is 4.39 Å². The summed E-state index contributed by atoms with van der Waals surface area (Å²) in [5.74, 6) is -1.77. The van der Waals surface area contributed by atoms with Crippen LogP contribution in [0.2, 0.25) is 0 Å². The molecule has 6 rings (SSSR count). The molecule has 9 nitrogen and oxygen atoms in total. The summed E-state index contributed by atoms with van der Waals surface area (Å²) >= 11 is 0. The molecule has 0 fully saturated rings. The number of rotatable bonds is 3. The number of aliphatic hydroxyl groups excluding tert-OH is 1. The lowest BCUT2D eigenvalue weighted by Gasteiger charge is -2.31. The third kappa shape index (κ3) is 3.15. The third-order valence-electron chi connectivity index (χ3n) is 7.37. The molecule has 0 aliphatic carbocycles. The Bertz CT molecular complexity index is 1740. The summed E-state index contributed by atoms with van der Waals surface area (Å²) in [6, 6.07) is 6.31. The van der Waals surface area contributed by atoms with E-state index in [1.807, 2.05) is 0 Å². The zero-order valence-electron chi connectivity index (χ0n) is 20.0. The van der Waals surface area contributed by atoms with Crippen LogP contribution in [0.25, 0.3) is 33.4 Å². The number of nitrogens with zero attached hydrogens (tertiary/aromatic N) is 3. The van der Waals surface area contributed by atoms with Gasteiger partial charge < -0.3 is 19.5 Å². The molecule has 5 heterocycles. The van der Waals surface area contributed by atoms with Crippen LogP contribution in [0.5, 0.6) is 0 Å². The van der Waals surface area contributed by atoms with E-state index in [0.29, 0.717) is 44.5 Å². The molecule has 3 aromatic heterocycles. The Kier molecular flexibility index (Phi) is 4.98. The number of esters is 1. The van der Waals surface area contributed by atoms with Crippen LogP contribution in [0, 0.1) is 12.7 Å². The summed E-state index contributed by atoms with van der Waals surface area (Å²) in [5.41, 5.74) is 1.58. The van der Waals surface area contributed by atoms with E-state index in [-0.39, 0.29) is 30.7 Å². The number of hydrogen-bond acceptors (Lipinski definition) is 7. The molecular weight excluding hydrogens is 481 g/mol. The van der Waals surface area contributed by atoms with Crippen molar-refractivity contribution in [2.24, 2.45) is 0 Å². The molecule has 0 spiro atoms. The summed E-state index contributed by atoms with van der Waals surface area (Å²) < 4.78 is 22.5. The monoisotopic (exact) mass is 503 g/mol. The van der Waals surface area contributed by atoms with Crippen molar-refractivity contribution in [1.29, 1.82) is 0 Å². The highest BCUT2D eigenvalue weighted by Crippen LogP contribution is 2.43. The number of ether oxygens (including phenoxy) is 1. The maximum absolute atomic E-state index is 14.6. The Labute approximate surface area is 209 Å². The first-order valence-electron chi connectivity index (χ1n) is 11.8. The van der Waals surface area contributed by atoms with Crippen LogP contribution < -0.4 is 5.56 Å². The molecule has 1 aromatic carbocycles. The summed E-state index contributed by atoms with van der Waals surface area (Å²) in [7, 11) is 0. The lowest BCUT2D eigenvalue weighted by Crippen LogP contribution is -2.44. The molecular formula is C27H22FN3O6. The Balaban J connectivity index is 1.67. The van der Waals surface area contributed by atoms with Crippen LogP contribution in [0.1, 0.15) is 40.4 Å². The Hall–Kier alpha value is -4.15. The quantitative estimate of drug-likeness (QED) is 0.363. The smallest absolute Gasteiger partial charge is 0.343 e. The van der Waals surface area contributed by atoms with E-state index in [2.05, 4.69) is 0 Å². The predicted octanol–water partition coefficient (Wildman–Crippen LogP) is 2.63. The molecule has 0 bridgehead atoms. The van der Waals surface area contributed by atoms with Crippen molar-refractivity contribution in [3.8, 4) is 22.5 Å². The Morgan fingerprint density at radius 3 is 2.76 bits per heavy atom. The first-order chi connectivity index (χ1) is 17.7. The summed E-state index contributed by atoms with van der Waals surface area (Å²) in [4.78, 5) is 42.8. The van der Waals surface area contributed by atoms with Gasteiger partial charge >= 0.3 is 5.97 Å². The van der Waals surface area contributed by atoms with E-state index in [1.54, 1.807) is 38.2 Å². The molecule has 0 radical (unpaired) electrons. The van der Waals surface area contributed by atoms with Crippen molar-refractivity contribution in [1.82, 2.24) is 14.1 Å². The number of aliphatic hydroxyl groups is 2. The highest BCUT2D eigenvalue weighted by Gasteiger charge is 2.45. The highest BCUT2D eigenvalue weighted by atomic mass is 19.1. The number of cyclic esters (lactones) is 1. The molecule has 10 heteroatoms. The number of pyridine rings is 2. The number of fused-ring (bicyclic) bond motifs is 5. The number of aryl methyl sites for hydroxylation is 1. The van der Waals surface area contributed by atoms with E-state index in [9.17, 15) is 29.0 Å².